The predicted octanol–water partition coefficient (Wildman–Crippen LogP) is 2.24. The van der Waals surface area contributed by atoms with E-state index in [1.807, 2.05) is 24.8 Å². The maximum Gasteiger partial charge on any atom is 0.224 e. The molecule has 0 unspecified atom stereocenters. The number of rotatable bonds is 7. The summed E-state index contributed by atoms with van der Waals surface area (Å²) >= 11 is 0. The lowest BCUT2D eigenvalue weighted by atomic mass is 10.1. The summed E-state index contributed by atoms with van der Waals surface area (Å²) in [6.07, 6.45) is 3.47. The highest BCUT2D eigenvalue weighted by Gasteiger charge is 2.16. The van der Waals surface area contributed by atoms with Crippen LogP contribution in [0.4, 0.5) is 4.39 Å². The molecule has 1 heterocycles. The van der Waals surface area contributed by atoms with Gasteiger partial charge in [-0.2, -0.15) is 0 Å². The number of halogens is 1. The lowest BCUT2D eigenvalue weighted by Crippen LogP contribution is -2.38. The lowest BCUT2D eigenvalue weighted by Gasteiger charge is -2.15. The van der Waals surface area contributed by atoms with Crippen molar-refractivity contribution in [2.45, 2.75) is 39.5 Å². The topological polar surface area (TPSA) is 56.7 Å². The number of likely N-dealkylation sites (tertiary alicyclic amines) is 1. The summed E-state index contributed by atoms with van der Waals surface area (Å²) in [5.74, 6) is 0.710. The van der Waals surface area contributed by atoms with Crippen LogP contribution in [0.2, 0.25) is 0 Å². The van der Waals surface area contributed by atoms with Gasteiger partial charge in [-0.15, -0.1) is 0 Å². The highest BCUT2D eigenvalue weighted by atomic mass is 19.1. The van der Waals surface area contributed by atoms with Gasteiger partial charge >= 0.3 is 0 Å². The summed E-state index contributed by atoms with van der Waals surface area (Å²) in [5.41, 5.74) is 2.08. The zero-order valence-electron chi connectivity index (χ0n) is 15.3. The molecular formula is C19H29FN4O. The predicted molar refractivity (Wildman–Crippen MR) is 99.3 cm³/mol. The Bertz CT molecular complexity index is 597. The van der Waals surface area contributed by atoms with Crippen molar-refractivity contribution in [3.8, 4) is 0 Å². The Morgan fingerprint density at radius 1 is 1.28 bits per heavy atom. The van der Waals surface area contributed by atoms with Crippen molar-refractivity contribution in [1.82, 2.24) is 15.5 Å². The Kier molecular flexibility index (Phi) is 7.70. The van der Waals surface area contributed by atoms with Crippen molar-refractivity contribution in [3.05, 3.63) is 35.1 Å². The van der Waals surface area contributed by atoms with Crippen molar-refractivity contribution in [2.24, 2.45) is 4.99 Å². The number of guanidine groups is 1. The van der Waals surface area contributed by atoms with Crippen molar-refractivity contribution >= 4 is 11.9 Å². The van der Waals surface area contributed by atoms with Crippen LogP contribution in [-0.4, -0.2) is 49.5 Å². The van der Waals surface area contributed by atoms with Crippen molar-refractivity contribution in [2.75, 3.05) is 32.7 Å². The van der Waals surface area contributed by atoms with E-state index in [1.165, 1.54) is 6.07 Å². The minimum atomic E-state index is -0.202. The Morgan fingerprint density at radius 3 is 2.72 bits per heavy atom. The zero-order chi connectivity index (χ0) is 18.1. The fourth-order valence-electron chi connectivity index (χ4n) is 2.99. The molecule has 5 nitrogen and oxygen atoms in total. The van der Waals surface area contributed by atoms with Gasteiger partial charge in [-0.3, -0.25) is 9.79 Å². The maximum absolute atomic E-state index is 13.1. The molecule has 0 saturated carbocycles. The second-order valence-corrected chi connectivity index (χ2v) is 6.35. The summed E-state index contributed by atoms with van der Waals surface area (Å²) in [6, 6.07) is 4.87. The molecule has 2 N–H and O–H groups in total. The number of hydrogen-bond donors (Lipinski definition) is 2. The van der Waals surface area contributed by atoms with Gasteiger partial charge in [-0.25, -0.2) is 4.39 Å². The fraction of sp³-hybridized carbons (Fsp3) is 0.579. The molecule has 0 aliphatic carbocycles. The fourth-order valence-corrected chi connectivity index (χ4v) is 2.99. The average Bonchev–Trinajstić information content (AvgIpc) is 3.11. The molecule has 1 aliphatic rings. The molecular weight excluding hydrogens is 319 g/mol. The minimum Gasteiger partial charge on any atom is -0.357 e. The summed E-state index contributed by atoms with van der Waals surface area (Å²) in [7, 11) is 0. The van der Waals surface area contributed by atoms with Gasteiger partial charge in [0.25, 0.3) is 0 Å². The Hall–Kier alpha value is -2.11. The van der Waals surface area contributed by atoms with Crippen LogP contribution in [0.1, 0.15) is 37.3 Å². The highest BCUT2D eigenvalue weighted by Crippen LogP contribution is 2.10. The van der Waals surface area contributed by atoms with Gasteiger partial charge in [0.2, 0.25) is 5.91 Å². The lowest BCUT2D eigenvalue weighted by molar-refractivity contribution is -0.129. The highest BCUT2D eigenvalue weighted by molar-refractivity contribution is 5.81. The van der Waals surface area contributed by atoms with Gasteiger partial charge in [0.1, 0.15) is 5.82 Å². The van der Waals surface area contributed by atoms with Crippen molar-refractivity contribution < 1.29 is 9.18 Å². The number of hydrogen-bond acceptors (Lipinski definition) is 2. The maximum atomic E-state index is 13.1. The SMILES string of the molecule is CCNC(=NCCC(=O)N1CCCC1)NCCc1ccc(F)cc1C. The molecule has 1 fully saturated rings. The quantitative estimate of drug-likeness (QED) is 0.587. The van der Waals surface area contributed by atoms with E-state index in [1.54, 1.807) is 6.07 Å². The van der Waals surface area contributed by atoms with E-state index in [9.17, 15) is 9.18 Å². The van der Waals surface area contributed by atoms with Crippen LogP contribution in [0.3, 0.4) is 0 Å². The number of amides is 1. The van der Waals surface area contributed by atoms with E-state index in [0.717, 1.165) is 56.0 Å². The molecule has 0 radical (unpaired) electrons. The first-order valence-corrected chi connectivity index (χ1v) is 9.15. The largest absolute Gasteiger partial charge is 0.357 e. The van der Waals surface area contributed by atoms with E-state index < -0.39 is 0 Å². The summed E-state index contributed by atoms with van der Waals surface area (Å²) in [6.45, 7) is 7.66. The molecule has 1 amide bonds. The third-order valence-electron chi connectivity index (χ3n) is 4.39. The van der Waals surface area contributed by atoms with Gasteiger partial charge in [0, 0.05) is 32.6 Å². The second-order valence-electron chi connectivity index (χ2n) is 6.35. The first-order chi connectivity index (χ1) is 12.1. The Morgan fingerprint density at radius 2 is 2.04 bits per heavy atom. The molecule has 138 valence electrons. The Labute approximate surface area is 149 Å². The van der Waals surface area contributed by atoms with E-state index in [-0.39, 0.29) is 11.7 Å². The van der Waals surface area contributed by atoms with Gasteiger partial charge in [-0.1, -0.05) is 6.07 Å². The third-order valence-corrected chi connectivity index (χ3v) is 4.39. The zero-order valence-corrected chi connectivity index (χ0v) is 15.3. The number of aliphatic imine (C=N–C) groups is 1. The number of benzene rings is 1. The average molecular weight is 348 g/mol. The van der Waals surface area contributed by atoms with E-state index in [2.05, 4.69) is 15.6 Å². The number of aryl methyl sites for hydroxylation is 1. The van der Waals surface area contributed by atoms with Crippen molar-refractivity contribution in [3.63, 3.8) is 0 Å². The molecule has 0 spiro atoms. The normalized spacial score (nSPS) is 14.7. The molecule has 6 heteroatoms. The van der Waals surface area contributed by atoms with Gasteiger partial charge in [-0.05, 0) is 56.4 Å². The third kappa shape index (κ3) is 6.36. The number of nitrogens with zero attached hydrogens (tertiary/aromatic N) is 2. The Balaban J connectivity index is 1.77. The molecule has 2 rings (SSSR count). The molecule has 1 aromatic carbocycles. The molecule has 1 aromatic rings. The smallest absolute Gasteiger partial charge is 0.224 e. The number of carbonyl (C=O) groups is 1. The molecule has 0 bridgehead atoms. The molecule has 1 aliphatic heterocycles. The van der Waals surface area contributed by atoms with E-state index >= 15 is 0 Å². The first kappa shape index (κ1) is 19.2. The van der Waals surface area contributed by atoms with Crippen LogP contribution in [0.5, 0.6) is 0 Å². The van der Waals surface area contributed by atoms with Gasteiger partial charge in [0.15, 0.2) is 5.96 Å². The summed E-state index contributed by atoms with van der Waals surface area (Å²) in [5, 5.41) is 6.46. The standard InChI is InChI=1S/C19H29FN4O/c1-3-21-19(23-11-9-18(25)24-12-4-5-13-24)22-10-8-16-6-7-17(20)14-15(16)2/h6-7,14H,3-5,8-13H2,1-2H3,(H2,21,22,23). The van der Waals surface area contributed by atoms with Crippen LogP contribution in [0, 0.1) is 12.7 Å². The van der Waals surface area contributed by atoms with Crippen molar-refractivity contribution in [1.29, 1.82) is 0 Å². The molecule has 25 heavy (non-hydrogen) atoms. The first-order valence-electron chi connectivity index (χ1n) is 9.15. The number of carbonyl (C=O) groups excluding carboxylic acids is 1. The van der Waals surface area contributed by atoms with Crippen LogP contribution in [-0.2, 0) is 11.2 Å². The second kappa shape index (κ2) is 10.0. The van der Waals surface area contributed by atoms with Gasteiger partial charge < -0.3 is 15.5 Å². The summed E-state index contributed by atoms with van der Waals surface area (Å²) < 4.78 is 13.1. The van der Waals surface area contributed by atoms with Crippen LogP contribution >= 0.6 is 0 Å². The molecule has 0 aromatic heterocycles. The summed E-state index contributed by atoms with van der Waals surface area (Å²) in [4.78, 5) is 18.4. The van der Waals surface area contributed by atoms with Gasteiger partial charge in [0.05, 0.1) is 6.54 Å². The van der Waals surface area contributed by atoms with Crippen LogP contribution in [0.25, 0.3) is 0 Å². The number of nitrogens with one attached hydrogen (secondary N) is 2. The van der Waals surface area contributed by atoms with Crippen LogP contribution < -0.4 is 10.6 Å². The van der Waals surface area contributed by atoms with E-state index in [0.29, 0.717) is 19.5 Å². The minimum absolute atomic E-state index is 0.194. The molecule has 0 atom stereocenters. The van der Waals surface area contributed by atoms with Crippen LogP contribution in [0.15, 0.2) is 23.2 Å². The molecule has 1 saturated heterocycles. The van der Waals surface area contributed by atoms with E-state index in [4.69, 9.17) is 0 Å². The monoisotopic (exact) mass is 348 g/mol.